The van der Waals surface area contributed by atoms with Gasteiger partial charge in [-0.25, -0.2) is 9.18 Å². The molecule has 0 saturated carbocycles. The van der Waals surface area contributed by atoms with Gasteiger partial charge in [-0.05, 0) is 25.1 Å². The Bertz CT molecular complexity index is 1010. The van der Waals surface area contributed by atoms with E-state index in [1.807, 2.05) is 0 Å². The first-order chi connectivity index (χ1) is 13.3. The van der Waals surface area contributed by atoms with Crippen LogP contribution >= 0.6 is 11.6 Å². The topological polar surface area (TPSA) is 102 Å². The van der Waals surface area contributed by atoms with E-state index in [0.717, 1.165) is 5.69 Å². The number of amides is 1. The van der Waals surface area contributed by atoms with E-state index in [0.29, 0.717) is 16.4 Å². The maximum absolute atomic E-state index is 14.0. The van der Waals surface area contributed by atoms with Gasteiger partial charge in [0.15, 0.2) is 11.5 Å². The zero-order chi connectivity index (χ0) is 20.3. The number of anilines is 1. The highest BCUT2D eigenvalue weighted by Gasteiger charge is 2.13. The number of benzene rings is 1. The van der Waals surface area contributed by atoms with Crippen molar-refractivity contribution in [2.75, 3.05) is 5.32 Å². The number of rotatable bonds is 7. The number of carbonyl (C=O) groups is 2. The Morgan fingerprint density at radius 2 is 2.07 bits per heavy atom. The van der Waals surface area contributed by atoms with E-state index in [-0.39, 0.29) is 31.1 Å². The van der Waals surface area contributed by atoms with Gasteiger partial charge in [-0.15, -0.1) is 0 Å². The van der Waals surface area contributed by atoms with Gasteiger partial charge in [0, 0.05) is 41.5 Å². The summed E-state index contributed by atoms with van der Waals surface area (Å²) in [5.41, 5.74) is 0.968. The highest BCUT2D eigenvalue weighted by molar-refractivity contribution is 6.31. The molecule has 0 aliphatic rings. The maximum Gasteiger partial charge on any atom is 0.356 e. The molecule has 146 valence electrons. The fourth-order valence-corrected chi connectivity index (χ4v) is 2.81. The molecule has 1 amide bonds. The molecule has 1 aromatic carbocycles. The Hall–Kier alpha value is -3.20. The number of hydrogen-bond donors (Lipinski definition) is 2. The van der Waals surface area contributed by atoms with Crippen LogP contribution in [0.25, 0.3) is 0 Å². The van der Waals surface area contributed by atoms with Crippen molar-refractivity contribution in [2.24, 2.45) is 0 Å². The number of hydrogen-bond acceptors (Lipinski definition) is 4. The maximum atomic E-state index is 14.0. The lowest BCUT2D eigenvalue weighted by Crippen LogP contribution is -2.16. The Morgan fingerprint density at radius 3 is 2.75 bits per heavy atom. The summed E-state index contributed by atoms with van der Waals surface area (Å²) in [5, 5.41) is 19.9. The molecule has 0 aliphatic carbocycles. The van der Waals surface area contributed by atoms with Crippen LogP contribution in [0.5, 0.6) is 0 Å². The molecule has 0 unspecified atom stereocenters. The minimum absolute atomic E-state index is 0.0819. The standard InChI is InChI=1S/C18H17ClFN5O3/c1-11-9-16(23-25(11)10-12-13(19)3-2-4-14(12)20)21-17(26)6-8-24-7-5-15(22-24)18(27)28/h2-5,7,9H,6,8,10H2,1H3,(H,27,28)(H,21,23,26). The molecule has 0 radical (unpaired) electrons. The molecule has 0 bridgehead atoms. The highest BCUT2D eigenvalue weighted by atomic mass is 35.5. The number of aromatic nitrogens is 4. The summed E-state index contributed by atoms with van der Waals surface area (Å²) in [6, 6.07) is 7.49. The van der Waals surface area contributed by atoms with Crippen molar-refractivity contribution in [1.82, 2.24) is 19.6 Å². The van der Waals surface area contributed by atoms with Gasteiger partial charge in [0.25, 0.3) is 0 Å². The number of nitrogens with one attached hydrogen (secondary N) is 1. The molecule has 0 aliphatic heterocycles. The zero-order valence-corrected chi connectivity index (χ0v) is 15.6. The van der Waals surface area contributed by atoms with Crippen LogP contribution in [0.2, 0.25) is 5.02 Å². The van der Waals surface area contributed by atoms with Crippen molar-refractivity contribution in [3.8, 4) is 0 Å². The molecule has 0 saturated heterocycles. The van der Waals surface area contributed by atoms with E-state index >= 15 is 0 Å². The molecule has 0 fully saturated rings. The second kappa shape index (κ2) is 8.22. The molecule has 0 atom stereocenters. The Balaban J connectivity index is 1.61. The van der Waals surface area contributed by atoms with Crippen LogP contribution in [-0.4, -0.2) is 36.5 Å². The van der Waals surface area contributed by atoms with Gasteiger partial charge in [-0.1, -0.05) is 17.7 Å². The monoisotopic (exact) mass is 405 g/mol. The predicted octanol–water partition coefficient (Wildman–Crippen LogP) is 2.96. The molecule has 2 N–H and O–H groups in total. The lowest BCUT2D eigenvalue weighted by molar-refractivity contribution is -0.116. The van der Waals surface area contributed by atoms with Gasteiger partial charge >= 0.3 is 5.97 Å². The number of aromatic carboxylic acids is 1. The van der Waals surface area contributed by atoms with Crippen LogP contribution in [0.4, 0.5) is 10.2 Å². The second-order valence-corrected chi connectivity index (χ2v) is 6.50. The van der Waals surface area contributed by atoms with Gasteiger partial charge in [0.2, 0.25) is 5.91 Å². The molecule has 0 spiro atoms. The lowest BCUT2D eigenvalue weighted by atomic mass is 10.2. The molecule has 2 aromatic heterocycles. The summed E-state index contributed by atoms with van der Waals surface area (Å²) in [6.07, 6.45) is 1.58. The summed E-state index contributed by atoms with van der Waals surface area (Å²) >= 11 is 6.05. The Labute approximate surface area is 164 Å². The third kappa shape index (κ3) is 4.55. The SMILES string of the molecule is Cc1cc(NC(=O)CCn2ccc(C(=O)O)n2)nn1Cc1c(F)cccc1Cl. The minimum Gasteiger partial charge on any atom is -0.476 e. The van der Waals surface area contributed by atoms with E-state index in [1.165, 1.54) is 29.1 Å². The molecule has 3 rings (SSSR count). The fourth-order valence-electron chi connectivity index (χ4n) is 2.59. The average molecular weight is 406 g/mol. The van der Waals surface area contributed by atoms with Gasteiger partial charge in [0.1, 0.15) is 5.82 Å². The summed E-state index contributed by atoms with van der Waals surface area (Å²) in [6.45, 7) is 2.15. The van der Waals surface area contributed by atoms with Crippen LogP contribution in [0.15, 0.2) is 36.5 Å². The molecule has 10 heteroatoms. The number of halogens is 2. The molecular formula is C18H17ClFN5O3. The second-order valence-electron chi connectivity index (χ2n) is 6.10. The largest absolute Gasteiger partial charge is 0.476 e. The normalized spacial score (nSPS) is 10.8. The number of aryl methyl sites for hydroxylation is 2. The molecule has 3 aromatic rings. The third-order valence-electron chi connectivity index (χ3n) is 4.05. The van der Waals surface area contributed by atoms with E-state index in [4.69, 9.17) is 16.7 Å². The smallest absolute Gasteiger partial charge is 0.356 e. The zero-order valence-electron chi connectivity index (χ0n) is 14.9. The molecule has 8 nitrogen and oxygen atoms in total. The van der Waals surface area contributed by atoms with E-state index < -0.39 is 11.8 Å². The summed E-state index contributed by atoms with van der Waals surface area (Å²) in [4.78, 5) is 22.9. The third-order valence-corrected chi connectivity index (χ3v) is 4.40. The fraction of sp³-hybridized carbons (Fsp3) is 0.222. The van der Waals surface area contributed by atoms with Crippen LogP contribution in [0.1, 0.15) is 28.2 Å². The molecular weight excluding hydrogens is 389 g/mol. The van der Waals surface area contributed by atoms with Crippen molar-refractivity contribution < 1.29 is 19.1 Å². The van der Waals surface area contributed by atoms with Gasteiger partial charge in [-0.3, -0.25) is 14.2 Å². The Kier molecular flexibility index (Phi) is 5.74. The summed E-state index contributed by atoms with van der Waals surface area (Å²) in [7, 11) is 0. The van der Waals surface area contributed by atoms with E-state index in [9.17, 15) is 14.0 Å². The van der Waals surface area contributed by atoms with Crippen molar-refractivity contribution in [3.63, 3.8) is 0 Å². The first-order valence-corrected chi connectivity index (χ1v) is 8.75. The Morgan fingerprint density at radius 1 is 1.29 bits per heavy atom. The highest BCUT2D eigenvalue weighted by Crippen LogP contribution is 2.21. The predicted molar refractivity (Wildman–Crippen MR) is 99.9 cm³/mol. The van der Waals surface area contributed by atoms with Crippen LogP contribution in [0, 0.1) is 12.7 Å². The number of carboxylic acid groups (broad SMARTS) is 1. The van der Waals surface area contributed by atoms with Crippen molar-refractivity contribution >= 4 is 29.3 Å². The molecule has 28 heavy (non-hydrogen) atoms. The van der Waals surface area contributed by atoms with Crippen molar-refractivity contribution in [1.29, 1.82) is 0 Å². The summed E-state index contributed by atoms with van der Waals surface area (Å²) < 4.78 is 16.9. The van der Waals surface area contributed by atoms with Gasteiger partial charge in [-0.2, -0.15) is 10.2 Å². The average Bonchev–Trinajstić information content (AvgIpc) is 3.23. The minimum atomic E-state index is -1.13. The first kappa shape index (κ1) is 19.6. The number of carboxylic acids is 1. The van der Waals surface area contributed by atoms with Crippen molar-refractivity contribution in [2.45, 2.75) is 26.4 Å². The lowest BCUT2D eigenvalue weighted by Gasteiger charge is -2.07. The van der Waals surface area contributed by atoms with Crippen LogP contribution < -0.4 is 5.32 Å². The van der Waals surface area contributed by atoms with E-state index in [2.05, 4.69) is 15.5 Å². The number of carbonyl (C=O) groups excluding carboxylic acids is 1. The van der Waals surface area contributed by atoms with Crippen LogP contribution in [-0.2, 0) is 17.9 Å². The first-order valence-electron chi connectivity index (χ1n) is 8.37. The summed E-state index contributed by atoms with van der Waals surface area (Å²) in [5.74, 6) is -1.52. The van der Waals surface area contributed by atoms with Crippen LogP contribution in [0.3, 0.4) is 0 Å². The van der Waals surface area contributed by atoms with Gasteiger partial charge in [0.05, 0.1) is 6.54 Å². The van der Waals surface area contributed by atoms with Gasteiger partial charge < -0.3 is 10.4 Å². The van der Waals surface area contributed by atoms with E-state index in [1.54, 1.807) is 23.7 Å². The number of nitrogens with zero attached hydrogens (tertiary/aromatic N) is 4. The quantitative estimate of drug-likeness (QED) is 0.629. The van der Waals surface area contributed by atoms with Crippen molar-refractivity contribution in [3.05, 3.63) is 64.3 Å². The molecule has 2 heterocycles.